The summed E-state index contributed by atoms with van der Waals surface area (Å²) in [7, 11) is 0. The molecular weight excluding hydrogens is 657 g/mol. The second-order valence-corrected chi connectivity index (χ2v) is 15.7. The molecule has 51 heavy (non-hydrogen) atoms. The first-order valence-electron chi connectivity index (χ1n) is 17.3. The van der Waals surface area contributed by atoms with Crippen molar-refractivity contribution in [1.82, 2.24) is 0 Å². The van der Waals surface area contributed by atoms with E-state index in [2.05, 4.69) is 152 Å². The van der Waals surface area contributed by atoms with Gasteiger partial charge in [-0.15, -0.1) is 22.7 Å². The zero-order chi connectivity index (χ0) is 33.2. The van der Waals surface area contributed by atoms with Crippen LogP contribution < -0.4 is 0 Å². The van der Waals surface area contributed by atoms with Crippen LogP contribution in [0.3, 0.4) is 0 Å². The Balaban J connectivity index is 1.09. The predicted molar refractivity (Wildman–Crippen MR) is 223 cm³/mol. The van der Waals surface area contributed by atoms with Gasteiger partial charge < -0.3 is 4.42 Å². The number of fused-ring (bicyclic) bond motifs is 13. The maximum Gasteiger partial charge on any atom is 0.136 e. The maximum atomic E-state index is 6.36. The number of furan rings is 1. The van der Waals surface area contributed by atoms with Crippen LogP contribution in [0.1, 0.15) is 0 Å². The van der Waals surface area contributed by atoms with E-state index in [1.165, 1.54) is 94.9 Å². The molecule has 0 radical (unpaired) electrons. The van der Waals surface area contributed by atoms with Crippen molar-refractivity contribution in [2.45, 2.75) is 0 Å². The highest BCUT2D eigenvalue weighted by atomic mass is 32.1. The molecule has 0 atom stereocenters. The Morgan fingerprint density at radius 3 is 1.63 bits per heavy atom. The number of hydrogen-bond donors (Lipinski definition) is 0. The second-order valence-electron chi connectivity index (χ2n) is 13.6. The van der Waals surface area contributed by atoms with E-state index < -0.39 is 0 Å². The van der Waals surface area contributed by atoms with E-state index in [0.717, 1.165) is 21.9 Å². The Morgan fingerprint density at radius 2 is 0.882 bits per heavy atom. The fraction of sp³-hybridized carbons (Fsp3) is 0. The van der Waals surface area contributed by atoms with Crippen LogP contribution in [0.2, 0.25) is 0 Å². The molecule has 12 rings (SSSR count). The Kier molecular flexibility index (Phi) is 5.59. The summed E-state index contributed by atoms with van der Waals surface area (Å²) in [6, 6.07) is 58.2. The molecule has 0 unspecified atom stereocenters. The Bertz CT molecular complexity index is 3370. The smallest absolute Gasteiger partial charge is 0.136 e. The fourth-order valence-corrected chi connectivity index (χ4v) is 10.9. The standard InChI is InChI=1S/C48H26OS2/c1-3-13-35-33(11-1)46(28-17-20-31-30-9-5-7-15-40(30)49-41(31)24-28)34-12-2-4-14-36(34)47(35)29-18-21-37-44(25-29)51-43-22-19-27-23-39-32-10-6-8-16-42(32)50-45(39)26-38(27)48(37)43/h1-26H. The number of benzene rings is 9. The molecule has 0 fully saturated rings. The van der Waals surface area contributed by atoms with Gasteiger partial charge in [0, 0.05) is 51.1 Å². The summed E-state index contributed by atoms with van der Waals surface area (Å²) in [6.07, 6.45) is 0. The Labute approximate surface area is 300 Å². The van der Waals surface area contributed by atoms with Gasteiger partial charge >= 0.3 is 0 Å². The van der Waals surface area contributed by atoms with Crippen molar-refractivity contribution in [3.63, 3.8) is 0 Å². The van der Waals surface area contributed by atoms with Gasteiger partial charge in [0.1, 0.15) is 11.2 Å². The fourth-order valence-electron chi connectivity index (χ4n) is 8.61. The molecule has 3 heteroatoms. The third-order valence-electron chi connectivity index (χ3n) is 10.8. The second kappa shape index (κ2) is 10.3. The molecule has 3 aromatic heterocycles. The van der Waals surface area contributed by atoms with Crippen molar-refractivity contribution < 1.29 is 4.42 Å². The summed E-state index contributed by atoms with van der Waals surface area (Å²) < 4.78 is 11.7. The highest BCUT2D eigenvalue weighted by Gasteiger charge is 2.19. The first kappa shape index (κ1) is 27.8. The molecule has 12 aromatic rings. The van der Waals surface area contributed by atoms with Gasteiger partial charge in [0.15, 0.2) is 0 Å². The van der Waals surface area contributed by atoms with E-state index in [1.54, 1.807) is 0 Å². The molecule has 0 aliphatic carbocycles. The van der Waals surface area contributed by atoms with Crippen molar-refractivity contribution in [1.29, 1.82) is 0 Å². The third-order valence-corrected chi connectivity index (χ3v) is 13.1. The minimum atomic E-state index is 0.918. The molecule has 0 N–H and O–H groups in total. The molecule has 1 nitrogen and oxygen atoms in total. The molecule has 0 amide bonds. The highest BCUT2D eigenvalue weighted by Crippen LogP contribution is 2.47. The highest BCUT2D eigenvalue weighted by molar-refractivity contribution is 7.26. The van der Waals surface area contributed by atoms with E-state index in [0.29, 0.717) is 0 Å². The van der Waals surface area contributed by atoms with Gasteiger partial charge in [0.05, 0.1) is 0 Å². The van der Waals surface area contributed by atoms with E-state index in [9.17, 15) is 0 Å². The normalized spacial score (nSPS) is 12.3. The summed E-state index contributed by atoms with van der Waals surface area (Å²) in [4.78, 5) is 0. The van der Waals surface area contributed by atoms with Crippen molar-refractivity contribution >= 4 is 117 Å². The number of thiophene rings is 2. The largest absolute Gasteiger partial charge is 0.456 e. The van der Waals surface area contributed by atoms with Gasteiger partial charge in [0.2, 0.25) is 0 Å². The zero-order valence-electron chi connectivity index (χ0n) is 27.2. The van der Waals surface area contributed by atoms with Crippen LogP contribution in [-0.4, -0.2) is 0 Å². The van der Waals surface area contributed by atoms with Gasteiger partial charge in [0.25, 0.3) is 0 Å². The number of rotatable bonds is 2. The predicted octanol–water partition coefficient (Wildman–Crippen LogP) is 15.1. The SMILES string of the molecule is c1ccc2c(c1)oc1cc(-c3c4ccccc4c(-c4ccc5c(c4)sc4ccc6cc7c(cc6c45)sc4ccccc47)c4ccccc34)ccc12. The lowest BCUT2D eigenvalue weighted by Gasteiger charge is -2.17. The van der Waals surface area contributed by atoms with Gasteiger partial charge in [-0.1, -0.05) is 109 Å². The molecule has 0 saturated carbocycles. The Morgan fingerprint density at radius 1 is 0.314 bits per heavy atom. The average molecular weight is 683 g/mol. The summed E-state index contributed by atoms with van der Waals surface area (Å²) in [5.41, 5.74) is 6.78. The third kappa shape index (κ3) is 3.90. The van der Waals surface area contributed by atoms with Gasteiger partial charge in [-0.3, -0.25) is 0 Å². The quantitative estimate of drug-likeness (QED) is 0.165. The summed E-state index contributed by atoms with van der Waals surface area (Å²) in [6.45, 7) is 0. The molecule has 3 heterocycles. The van der Waals surface area contributed by atoms with E-state index in [1.807, 2.05) is 28.7 Å². The van der Waals surface area contributed by atoms with Crippen molar-refractivity contribution in [2.75, 3.05) is 0 Å². The van der Waals surface area contributed by atoms with Crippen LogP contribution in [0.4, 0.5) is 0 Å². The van der Waals surface area contributed by atoms with Crippen LogP contribution in [0.15, 0.2) is 162 Å². The summed E-state index contributed by atoms with van der Waals surface area (Å²) in [5.74, 6) is 0. The maximum absolute atomic E-state index is 6.36. The van der Waals surface area contributed by atoms with Crippen molar-refractivity contribution in [3.05, 3.63) is 158 Å². The van der Waals surface area contributed by atoms with Gasteiger partial charge in [-0.25, -0.2) is 0 Å². The molecule has 0 spiro atoms. The van der Waals surface area contributed by atoms with Crippen LogP contribution >= 0.6 is 22.7 Å². The molecule has 0 aliphatic heterocycles. The van der Waals surface area contributed by atoms with Crippen LogP contribution in [-0.2, 0) is 0 Å². The molecule has 9 aromatic carbocycles. The van der Waals surface area contributed by atoms with Gasteiger partial charge in [-0.05, 0) is 103 Å². The first-order valence-corrected chi connectivity index (χ1v) is 19.0. The number of para-hydroxylation sites is 1. The first-order chi connectivity index (χ1) is 25.3. The van der Waals surface area contributed by atoms with Crippen LogP contribution in [0.5, 0.6) is 0 Å². The molecule has 0 aliphatic rings. The van der Waals surface area contributed by atoms with Gasteiger partial charge in [-0.2, -0.15) is 0 Å². The Hall–Kier alpha value is -6.00. The van der Waals surface area contributed by atoms with E-state index >= 15 is 0 Å². The molecule has 236 valence electrons. The van der Waals surface area contributed by atoms with Crippen molar-refractivity contribution in [3.8, 4) is 22.3 Å². The lowest BCUT2D eigenvalue weighted by atomic mass is 9.85. The minimum absolute atomic E-state index is 0.918. The molecule has 0 saturated heterocycles. The minimum Gasteiger partial charge on any atom is -0.456 e. The number of hydrogen-bond acceptors (Lipinski definition) is 3. The summed E-state index contributed by atoms with van der Waals surface area (Å²) in [5, 5.41) is 15.3. The lowest BCUT2D eigenvalue weighted by molar-refractivity contribution is 0.669. The molecule has 0 bridgehead atoms. The topological polar surface area (TPSA) is 13.1 Å². The lowest BCUT2D eigenvalue weighted by Crippen LogP contribution is -1.90. The average Bonchev–Trinajstić information content (AvgIpc) is 3.86. The van der Waals surface area contributed by atoms with E-state index in [4.69, 9.17) is 4.42 Å². The van der Waals surface area contributed by atoms with Crippen molar-refractivity contribution in [2.24, 2.45) is 0 Å². The summed E-state index contributed by atoms with van der Waals surface area (Å²) >= 11 is 3.80. The zero-order valence-corrected chi connectivity index (χ0v) is 28.9. The molecular formula is C48H26OS2. The monoisotopic (exact) mass is 682 g/mol. The van der Waals surface area contributed by atoms with Crippen LogP contribution in [0.25, 0.3) is 117 Å². The van der Waals surface area contributed by atoms with E-state index in [-0.39, 0.29) is 0 Å². The van der Waals surface area contributed by atoms with Crippen LogP contribution in [0, 0.1) is 0 Å².